The molecule has 0 bridgehead atoms. The van der Waals surface area contributed by atoms with Gasteiger partial charge in [-0.3, -0.25) is 4.90 Å². The molecule has 4 heteroatoms. The molecule has 1 rings (SSSR count). The number of hydrogen-bond donors (Lipinski definition) is 1. The van der Waals surface area contributed by atoms with Crippen molar-refractivity contribution in [3.63, 3.8) is 0 Å². The second-order valence-corrected chi connectivity index (χ2v) is 3.31. The third-order valence-corrected chi connectivity index (χ3v) is 2.19. The molecule has 1 heterocycles. The van der Waals surface area contributed by atoms with Crippen LogP contribution in [0.2, 0.25) is 0 Å². The van der Waals surface area contributed by atoms with Crippen LogP contribution in [-0.4, -0.2) is 55.2 Å². The first-order valence-corrected chi connectivity index (χ1v) is 4.74. The molecular formula is C9H17NO3. The molecule has 0 aliphatic carbocycles. The second kappa shape index (κ2) is 6.07. The van der Waals surface area contributed by atoms with Crippen molar-refractivity contribution < 1.29 is 14.6 Å². The van der Waals surface area contributed by atoms with E-state index >= 15 is 0 Å². The van der Waals surface area contributed by atoms with Crippen LogP contribution in [0, 0.1) is 0 Å². The third kappa shape index (κ3) is 4.36. The molecule has 13 heavy (non-hydrogen) atoms. The summed E-state index contributed by atoms with van der Waals surface area (Å²) in [6.45, 7) is 3.94. The van der Waals surface area contributed by atoms with Crippen LogP contribution >= 0.6 is 0 Å². The maximum atomic E-state index is 10.1. The standard InChI is InChI=1S/C9H17NO3/c11-5-1-2-9(12)8-10-3-6-13-7-4-10/h5,9,12H,1-4,6-8H2. The fraction of sp³-hybridized carbons (Fsp3) is 0.889. The van der Waals surface area contributed by atoms with Crippen LogP contribution in [-0.2, 0) is 9.53 Å². The van der Waals surface area contributed by atoms with Gasteiger partial charge in [0.25, 0.3) is 0 Å². The zero-order valence-corrected chi connectivity index (χ0v) is 7.82. The zero-order valence-electron chi connectivity index (χ0n) is 7.82. The van der Waals surface area contributed by atoms with E-state index in [2.05, 4.69) is 4.90 Å². The fourth-order valence-electron chi connectivity index (χ4n) is 1.43. The summed E-state index contributed by atoms with van der Waals surface area (Å²) in [4.78, 5) is 12.2. The van der Waals surface area contributed by atoms with Gasteiger partial charge in [-0.05, 0) is 6.42 Å². The zero-order chi connectivity index (χ0) is 9.52. The number of ether oxygens (including phenoxy) is 1. The average Bonchev–Trinajstić information content (AvgIpc) is 2.16. The number of morpholine rings is 1. The van der Waals surface area contributed by atoms with Gasteiger partial charge in [0.05, 0.1) is 19.3 Å². The summed E-state index contributed by atoms with van der Waals surface area (Å²) in [6.07, 6.45) is 1.50. The number of aliphatic hydroxyl groups excluding tert-OH is 1. The molecule has 0 amide bonds. The van der Waals surface area contributed by atoms with Gasteiger partial charge in [-0.1, -0.05) is 0 Å². The Kier molecular flexibility index (Phi) is 4.97. The van der Waals surface area contributed by atoms with E-state index in [4.69, 9.17) is 4.74 Å². The summed E-state index contributed by atoms with van der Waals surface area (Å²) in [5.74, 6) is 0. The summed E-state index contributed by atoms with van der Waals surface area (Å²) in [5, 5.41) is 9.49. The Bertz CT molecular complexity index is 146. The molecule has 1 saturated heterocycles. The highest BCUT2D eigenvalue weighted by atomic mass is 16.5. The minimum atomic E-state index is -0.372. The first kappa shape index (κ1) is 10.6. The Morgan fingerprint density at radius 1 is 1.46 bits per heavy atom. The lowest BCUT2D eigenvalue weighted by Crippen LogP contribution is -2.40. The van der Waals surface area contributed by atoms with Crippen LogP contribution in [0.15, 0.2) is 0 Å². The first-order chi connectivity index (χ1) is 6.33. The summed E-state index contributed by atoms with van der Waals surface area (Å²) in [7, 11) is 0. The van der Waals surface area contributed by atoms with E-state index in [0.29, 0.717) is 19.4 Å². The van der Waals surface area contributed by atoms with E-state index in [-0.39, 0.29) is 6.10 Å². The Labute approximate surface area is 78.5 Å². The molecule has 76 valence electrons. The predicted octanol–water partition coefficient (Wildman–Crippen LogP) is -0.341. The van der Waals surface area contributed by atoms with Gasteiger partial charge >= 0.3 is 0 Å². The van der Waals surface area contributed by atoms with Crippen LogP contribution in [0.3, 0.4) is 0 Å². The molecule has 0 aromatic rings. The number of nitrogens with zero attached hydrogens (tertiary/aromatic N) is 1. The van der Waals surface area contributed by atoms with Gasteiger partial charge < -0.3 is 14.6 Å². The molecule has 0 spiro atoms. The Hall–Kier alpha value is -0.450. The molecular weight excluding hydrogens is 170 g/mol. The van der Waals surface area contributed by atoms with E-state index in [0.717, 1.165) is 32.6 Å². The Balaban J connectivity index is 2.10. The Morgan fingerprint density at radius 3 is 2.77 bits per heavy atom. The van der Waals surface area contributed by atoms with Crippen molar-refractivity contribution in [1.82, 2.24) is 4.90 Å². The van der Waals surface area contributed by atoms with Crippen molar-refractivity contribution >= 4 is 6.29 Å². The highest BCUT2D eigenvalue weighted by molar-refractivity contribution is 5.49. The van der Waals surface area contributed by atoms with Crippen molar-refractivity contribution in [1.29, 1.82) is 0 Å². The molecule has 1 fully saturated rings. The number of hydrogen-bond acceptors (Lipinski definition) is 4. The van der Waals surface area contributed by atoms with Crippen LogP contribution in [0.25, 0.3) is 0 Å². The molecule has 0 aromatic carbocycles. The number of aldehydes is 1. The highest BCUT2D eigenvalue weighted by Gasteiger charge is 2.13. The maximum Gasteiger partial charge on any atom is 0.120 e. The molecule has 1 atom stereocenters. The number of aliphatic hydroxyl groups is 1. The van der Waals surface area contributed by atoms with E-state index in [1.165, 1.54) is 0 Å². The predicted molar refractivity (Wildman–Crippen MR) is 48.6 cm³/mol. The minimum Gasteiger partial charge on any atom is -0.392 e. The number of carbonyl (C=O) groups is 1. The summed E-state index contributed by atoms with van der Waals surface area (Å²) >= 11 is 0. The van der Waals surface area contributed by atoms with Crippen molar-refractivity contribution in [2.24, 2.45) is 0 Å². The maximum absolute atomic E-state index is 10.1. The smallest absolute Gasteiger partial charge is 0.120 e. The van der Waals surface area contributed by atoms with Gasteiger partial charge in [0, 0.05) is 26.1 Å². The highest BCUT2D eigenvalue weighted by Crippen LogP contribution is 2.02. The first-order valence-electron chi connectivity index (χ1n) is 4.74. The SMILES string of the molecule is O=CCCC(O)CN1CCOCC1. The topological polar surface area (TPSA) is 49.8 Å². The summed E-state index contributed by atoms with van der Waals surface area (Å²) < 4.78 is 5.18. The van der Waals surface area contributed by atoms with Gasteiger partial charge in [0.15, 0.2) is 0 Å². The lowest BCUT2D eigenvalue weighted by molar-refractivity contribution is -0.108. The van der Waals surface area contributed by atoms with Crippen molar-refractivity contribution in [2.45, 2.75) is 18.9 Å². The number of carbonyl (C=O) groups excluding carboxylic acids is 1. The van der Waals surface area contributed by atoms with Crippen LogP contribution in [0.4, 0.5) is 0 Å². The summed E-state index contributed by atoms with van der Waals surface area (Å²) in [5.41, 5.74) is 0. The lowest BCUT2D eigenvalue weighted by atomic mass is 10.2. The molecule has 1 N–H and O–H groups in total. The van der Waals surface area contributed by atoms with Crippen LogP contribution < -0.4 is 0 Å². The number of rotatable bonds is 5. The lowest BCUT2D eigenvalue weighted by Gasteiger charge is -2.28. The molecule has 1 aliphatic heterocycles. The van der Waals surface area contributed by atoms with Crippen molar-refractivity contribution in [3.8, 4) is 0 Å². The normalized spacial score (nSPS) is 21.3. The third-order valence-electron chi connectivity index (χ3n) is 2.19. The molecule has 1 aliphatic rings. The van der Waals surface area contributed by atoms with E-state index in [9.17, 15) is 9.90 Å². The molecule has 0 radical (unpaired) electrons. The largest absolute Gasteiger partial charge is 0.392 e. The van der Waals surface area contributed by atoms with E-state index in [1.54, 1.807) is 0 Å². The summed E-state index contributed by atoms with van der Waals surface area (Å²) in [6, 6.07) is 0. The van der Waals surface area contributed by atoms with Gasteiger partial charge in [-0.15, -0.1) is 0 Å². The van der Waals surface area contributed by atoms with Crippen LogP contribution in [0.5, 0.6) is 0 Å². The van der Waals surface area contributed by atoms with E-state index in [1.807, 2.05) is 0 Å². The molecule has 1 unspecified atom stereocenters. The number of β-amino-alcohol motifs (C(OH)–C–C–N with tert-alkyl or cyclic N) is 1. The van der Waals surface area contributed by atoms with Gasteiger partial charge in [0.2, 0.25) is 0 Å². The Morgan fingerprint density at radius 2 is 2.15 bits per heavy atom. The van der Waals surface area contributed by atoms with Gasteiger partial charge in [-0.2, -0.15) is 0 Å². The monoisotopic (exact) mass is 187 g/mol. The van der Waals surface area contributed by atoms with Crippen molar-refractivity contribution in [3.05, 3.63) is 0 Å². The van der Waals surface area contributed by atoms with Crippen molar-refractivity contribution in [2.75, 3.05) is 32.8 Å². The second-order valence-electron chi connectivity index (χ2n) is 3.31. The van der Waals surface area contributed by atoms with Crippen LogP contribution in [0.1, 0.15) is 12.8 Å². The quantitative estimate of drug-likeness (QED) is 0.598. The fourth-order valence-corrected chi connectivity index (χ4v) is 1.43. The molecule has 0 saturated carbocycles. The van der Waals surface area contributed by atoms with Gasteiger partial charge in [0.1, 0.15) is 6.29 Å². The molecule has 0 aromatic heterocycles. The van der Waals surface area contributed by atoms with E-state index < -0.39 is 0 Å². The average molecular weight is 187 g/mol. The minimum absolute atomic E-state index is 0.372. The van der Waals surface area contributed by atoms with Gasteiger partial charge in [-0.25, -0.2) is 0 Å². The molecule has 4 nitrogen and oxygen atoms in total.